The molecule has 0 aromatic heterocycles. The van der Waals surface area contributed by atoms with E-state index in [9.17, 15) is 9.59 Å². The molecule has 66 valence electrons. The molecule has 0 radical (unpaired) electrons. The van der Waals surface area contributed by atoms with Crippen molar-refractivity contribution in [1.82, 2.24) is 0 Å². The third kappa shape index (κ3) is 6.15. The molecular weight excluding hydrogens is 215 g/mol. The zero-order chi connectivity index (χ0) is 8.31. The van der Waals surface area contributed by atoms with Gasteiger partial charge < -0.3 is 15.7 Å². The first-order chi connectivity index (χ1) is 4.46. The van der Waals surface area contributed by atoms with E-state index in [4.69, 9.17) is 10.2 Å². The van der Waals surface area contributed by atoms with E-state index in [1.807, 2.05) is 0 Å². The van der Waals surface area contributed by atoms with Crippen LogP contribution in [0.2, 0.25) is 0 Å². The fourth-order valence-corrected chi connectivity index (χ4v) is 0.525. The van der Waals surface area contributed by atoms with Crippen molar-refractivity contribution in [3.05, 3.63) is 0 Å². The Bertz CT molecular complexity index is 146. The van der Waals surface area contributed by atoms with Gasteiger partial charge in [-0.1, -0.05) is 0 Å². The quantitative estimate of drug-likeness (QED) is 0.294. The molecule has 0 spiro atoms. The second-order valence-electron chi connectivity index (χ2n) is 1.57. The number of hydrogen-bond acceptors (Lipinski definition) is 5. The number of carboxylic acid groups (broad SMARTS) is 2. The molecule has 5 nitrogen and oxygen atoms in total. The van der Waals surface area contributed by atoms with Crippen molar-refractivity contribution in [2.45, 2.75) is 10.5 Å². The summed E-state index contributed by atoms with van der Waals surface area (Å²) in [5.74, 6) is -2.57. The minimum Gasteiger partial charge on any atom is -0.870 e. The van der Waals surface area contributed by atoms with E-state index < -0.39 is 22.4 Å². The molecule has 0 saturated carbocycles. The van der Waals surface area contributed by atoms with Crippen LogP contribution in [0.1, 0.15) is 0 Å². The van der Waals surface area contributed by atoms with E-state index in [-0.39, 0.29) is 35.0 Å². The average molecular weight is 222 g/mol. The Morgan fingerprint density at radius 2 is 1.17 bits per heavy atom. The van der Waals surface area contributed by atoms with Gasteiger partial charge in [-0.05, 0) is 0 Å². The standard InChI is InChI=1S/C4H6O4S2.Na.H2O/c5-3(6)1(9)2(10)4(7)8;;/h1-2,9-10H,(H,5,6)(H,7,8);;1H2/q;+1;/p-1. The van der Waals surface area contributed by atoms with Gasteiger partial charge in [0, 0.05) is 0 Å². The van der Waals surface area contributed by atoms with Crippen LogP contribution in [-0.4, -0.2) is 38.1 Å². The minimum absolute atomic E-state index is 0. The Kier molecular flexibility index (Phi) is 12.6. The molecule has 0 heterocycles. The maximum atomic E-state index is 10.1. The van der Waals surface area contributed by atoms with Crippen molar-refractivity contribution >= 4 is 37.2 Å². The van der Waals surface area contributed by atoms with E-state index in [0.717, 1.165) is 0 Å². The van der Waals surface area contributed by atoms with Crippen molar-refractivity contribution in [2.75, 3.05) is 0 Å². The van der Waals surface area contributed by atoms with Crippen LogP contribution in [0, 0.1) is 0 Å². The molecule has 0 aromatic rings. The van der Waals surface area contributed by atoms with E-state index >= 15 is 0 Å². The monoisotopic (exact) mass is 222 g/mol. The van der Waals surface area contributed by atoms with E-state index in [2.05, 4.69) is 25.3 Å². The molecule has 0 saturated heterocycles. The SMILES string of the molecule is O=C(O)C(S)C(S)C(=O)O.[Na+].[OH-]. The molecule has 0 amide bonds. The van der Waals surface area contributed by atoms with Crippen LogP contribution < -0.4 is 29.6 Å². The van der Waals surface area contributed by atoms with Gasteiger partial charge in [-0.3, -0.25) is 9.59 Å². The largest absolute Gasteiger partial charge is 1.00 e. The Balaban J connectivity index is -0.000000405. The van der Waals surface area contributed by atoms with Crippen molar-refractivity contribution in [3.63, 3.8) is 0 Å². The average Bonchev–Trinajstić information content (AvgIpc) is 1.84. The molecule has 0 aliphatic carbocycles. The molecule has 0 fully saturated rings. The van der Waals surface area contributed by atoms with Gasteiger partial charge in [-0.15, -0.1) is 0 Å². The molecule has 12 heavy (non-hydrogen) atoms. The Labute approximate surface area is 102 Å². The van der Waals surface area contributed by atoms with Crippen LogP contribution in [-0.2, 0) is 9.59 Å². The van der Waals surface area contributed by atoms with E-state index in [1.54, 1.807) is 0 Å². The smallest absolute Gasteiger partial charge is 0.870 e. The van der Waals surface area contributed by atoms with Crippen LogP contribution in [0.25, 0.3) is 0 Å². The number of aliphatic carboxylic acids is 2. The summed E-state index contributed by atoms with van der Waals surface area (Å²) < 4.78 is 0. The predicted octanol–water partition coefficient (Wildman–Crippen LogP) is -3.42. The first kappa shape index (κ1) is 18.4. The zero-order valence-corrected chi connectivity index (χ0v) is 10.00. The van der Waals surface area contributed by atoms with Gasteiger partial charge in [0.2, 0.25) is 0 Å². The van der Waals surface area contributed by atoms with Gasteiger partial charge in [-0.25, -0.2) is 0 Å². The molecule has 2 atom stereocenters. The van der Waals surface area contributed by atoms with Crippen LogP contribution in [0.5, 0.6) is 0 Å². The number of rotatable bonds is 3. The zero-order valence-electron chi connectivity index (χ0n) is 6.21. The molecule has 2 unspecified atom stereocenters. The Morgan fingerprint density at radius 3 is 1.25 bits per heavy atom. The Morgan fingerprint density at radius 1 is 1.00 bits per heavy atom. The van der Waals surface area contributed by atoms with Crippen LogP contribution >= 0.6 is 25.3 Å². The van der Waals surface area contributed by atoms with Crippen LogP contribution in [0.15, 0.2) is 0 Å². The molecule has 0 aliphatic heterocycles. The van der Waals surface area contributed by atoms with Crippen LogP contribution in [0.3, 0.4) is 0 Å². The first-order valence-corrected chi connectivity index (χ1v) is 3.32. The maximum absolute atomic E-state index is 10.1. The van der Waals surface area contributed by atoms with Gasteiger partial charge in [0.1, 0.15) is 10.5 Å². The Hall–Kier alpha value is 0.600. The normalized spacial score (nSPS) is 13.2. The van der Waals surface area contributed by atoms with Crippen molar-refractivity contribution < 1.29 is 54.8 Å². The minimum atomic E-state index is -1.29. The fourth-order valence-electron chi connectivity index (χ4n) is 0.270. The van der Waals surface area contributed by atoms with Crippen molar-refractivity contribution in [2.24, 2.45) is 0 Å². The number of carboxylic acids is 2. The fraction of sp³-hybridized carbons (Fsp3) is 0.500. The second kappa shape index (κ2) is 8.21. The third-order valence-corrected chi connectivity index (χ3v) is 2.08. The topological polar surface area (TPSA) is 105 Å². The molecule has 8 heteroatoms. The van der Waals surface area contributed by atoms with Gasteiger partial charge >= 0.3 is 41.5 Å². The number of thiol groups is 2. The summed E-state index contributed by atoms with van der Waals surface area (Å²) >= 11 is 7.00. The van der Waals surface area contributed by atoms with E-state index in [1.165, 1.54) is 0 Å². The molecule has 3 N–H and O–H groups in total. The predicted molar refractivity (Wildman–Crippen MR) is 42.8 cm³/mol. The summed E-state index contributed by atoms with van der Waals surface area (Å²) in [6.45, 7) is 0. The second-order valence-corrected chi connectivity index (χ2v) is 2.68. The van der Waals surface area contributed by atoms with Crippen LogP contribution in [0.4, 0.5) is 0 Å². The summed E-state index contributed by atoms with van der Waals surface area (Å²) in [6, 6.07) is 0. The molecule has 0 rings (SSSR count). The summed E-state index contributed by atoms with van der Waals surface area (Å²) in [6.07, 6.45) is 0. The molecule has 0 aromatic carbocycles. The molecule has 0 bridgehead atoms. The van der Waals surface area contributed by atoms with Gasteiger partial charge in [-0.2, -0.15) is 25.3 Å². The van der Waals surface area contributed by atoms with Gasteiger partial charge in [0.25, 0.3) is 0 Å². The summed E-state index contributed by atoms with van der Waals surface area (Å²) in [5.41, 5.74) is 0. The number of hydrogen-bond donors (Lipinski definition) is 4. The maximum Gasteiger partial charge on any atom is 1.00 e. The summed E-state index contributed by atoms with van der Waals surface area (Å²) in [5, 5.41) is 13.9. The number of carbonyl (C=O) groups is 2. The molecular formula is C4H7NaO5S2. The summed E-state index contributed by atoms with van der Waals surface area (Å²) in [4.78, 5) is 20.1. The molecule has 0 aliphatic rings. The third-order valence-electron chi connectivity index (χ3n) is 0.805. The summed E-state index contributed by atoms with van der Waals surface area (Å²) in [7, 11) is 0. The van der Waals surface area contributed by atoms with Crippen molar-refractivity contribution in [1.29, 1.82) is 0 Å². The van der Waals surface area contributed by atoms with Gasteiger partial charge in [0.05, 0.1) is 0 Å². The van der Waals surface area contributed by atoms with Crippen molar-refractivity contribution in [3.8, 4) is 0 Å². The van der Waals surface area contributed by atoms with Gasteiger partial charge in [0.15, 0.2) is 0 Å². The first-order valence-electron chi connectivity index (χ1n) is 2.28. The van der Waals surface area contributed by atoms with E-state index in [0.29, 0.717) is 0 Å².